The Hall–Kier alpha value is -0.820. The summed E-state index contributed by atoms with van der Waals surface area (Å²) >= 11 is 11.7. The summed E-state index contributed by atoms with van der Waals surface area (Å²) < 4.78 is 24.7. The van der Waals surface area contributed by atoms with Gasteiger partial charge in [-0.05, 0) is 30.5 Å². The van der Waals surface area contributed by atoms with Crippen molar-refractivity contribution in [1.82, 2.24) is 9.62 Å². The molecule has 0 bridgehead atoms. The lowest BCUT2D eigenvalue weighted by molar-refractivity contribution is -0.121. The topological polar surface area (TPSA) is 66.5 Å². The molecule has 1 saturated carbocycles. The predicted octanol–water partition coefficient (Wildman–Crippen LogP) is 2.03. The zero-order valence-electron chi connectivity index (χ0n) is 11.5. The summed E-state index contributed by atoms with van der Waals surface area (Å²) in [6.45, 7) is -0.122. The summed E-state index contributed by atoms with van der Waals surface area (Å²) in [4.78, 5) is 11.8. The van der Waals surface area contributed by atoms with Gasteiger partial charge >= 0.3 is 0 Å². The van der Waals surface area contributed by atoms with E-state index in [1.165, 1.54) is 0 Å². The number of hydrogen-bond acceptors (Lipinski definition) is 3. The molecule has 1 N–H and O–H groups in total. The lowest BCUT2D eigenvalue weighted by atomic mass is 10.2. The highest BCUT2D eigenvalue weighted by Gasteiger charge is 2.26. The average Bonchev–Trinajstić information content (AvgIpc) is 3.15. The molecule has 1 aliphatic carbocycles. The van der Waals surface area contributed by atoms with Gasteiger partial charge < -0.3 is 5.32 Å². The van der Waals surface area contributed by atoms with Crippen molar-refractivity contribution in [3.63, 3.8) is 0 Å². The van der Waals surface area contributed by atoms with E-state index in [1.54, 1.807) is 18.2 Å². The molecule has 0 radical (unpaired) electrons. The molecule has 0 unspecified atom stereocenters. The van der Waals surface area contributed by atoms with Crippen LogP contribution in [0.5, 0.6) is 0 Å². The van der Waals surface area contributed by atoms with E-state index in [2.05, 4.69) is 5.32 Å². The first-order chi connectivity index (χ1) is 9.75. The van der Waals surface area contributed by atoms with Gasteiger partial charge in [-0.15, -0.1) is 0 Å². The van der Waals surface area contributed by atoms with Gasteiger partial charge in [0, 0.05) is 12.6 Å². The number of nitrogens with zero attached hydrogens (tertiary/aromatic N) is 1. The molecule has 1 aliphatic rings. The molecule has 1 aromatic carbocycles. The quantitative estimate of drug-likeness (QED) is 0.853. The predicted molar refractivity (Wildman–Crippen MR) is 82.9 cm³/mol. The molecular weight excluding hydrogens is 335 g/mol. The van der Waals surface area contributed by atoms with Crippen LogP contribution in [-0.4, -0.2) is 37.5 Å². The molecule has 1 amide bonds. The van der Waals surface area contributed by atoms with Crippen LogP contribution in [0.15, 0.2) is 18.2 Å². The zero-order chi connectivity index (χ0) is 15.6. The Bertz CT molecular complexity index is 645. The van der Waals surface area contributed by atoms with Crippen LogP contribution in [0.4, 0.5) is 0 Å². The number of nitrogens with one attached hydrogen (secondary N) is 1. The first-order valence-corrected chi connectivity index (χ1v) is 9.04. The van der Waals surface area contributed by atoms with Crippen LogP contribution in [0.1, 0.15) is 18.4 Å². The molecule has 116 valence electrons. The van der Waals surface area contributed by atoms with E-state index < -0.39 is 10.0 Å². The maximum absolute atomic E-state index is 11.8. The van der Waals surface area contributed by atoms with Crippen LogP contribution in [-0.2, 0) is 21.4 Å². The monoisotopic (exact) mass is 350 g/mol. The Morgan fingerprint density at radius 1 is 1.33 bits per heavy atom. The highest BCUT2D eigenvalue weighted by Crippen LogP contribution is 2.23. The van der Waals surface area contributed by atoms with Gasteiger partial charge in [0.25, 0.3) is 0 Å². The van der Waals surface area contributed by atoms with Gasteiger partial charge in [-0.1, -0.05) is 29.3 Å². The highest BCUT2D eigenvalue weighted by atomic mass is 35.5. The van der Waals surface area contributed by atoms with Crippen molar-refractivity contribution in [2.45, 2.75) is 25.4 Å². The second kappa shape index (κ2) is 6.52. The zero-order valence-corrected chi connectivity index (χ0v) is 13.8. The molecule has 0 saturated heterocycles. The third-order valence-electron chi connectivity index (χ3n) is 3.07. The van der Waals surface area contributed by atoms with E-state index >= 15 is 0 Å². The Labute approximate surface area is 134 Å². The second-order valence-corrected chi connectivity index (χ2v) is 7.92. The van der Waals surface area contributed by atoms with Crippen LogP contribution in [0.3, 0.4) is 0 Å². The minimum absolute atomic E-state index is 0.0772. The summed E-state index contributed by atoms with van der Waals surface area (Å²) in [7, 11) is -3.50. The Balaban J connectivity index is 2.08. The van der Waals surface area contributed by atoms with Crippen molar-refractivity contribution in [3.05, 3.63) is 33.8 Å². The number of rotatable bonds is 6. The maximum Gasteiger partial charge on any atom is 0.235 e. The van der Waals surface area contributed by atoms with E-state index in [0.29, 0.717) is 15.6 Å². The molecule has 21 heavy (non-hydrogen) atoms. The minimum Gasteiger partial charge on any atom is -0.352 e. The largest absolute Gasteiger partial charge is 0.352 e. The number of carbonyl (C=O) groups excluding carboxylic acids is 1. The highest BCUT2D eigenvalue weighted by molar-refractivity contribution is 7.88. The van der Waals surface area contributed by atoms with Crippen LogP contribution < -0.4 is 5.32 Å². The standard InChI is InChI=1S/C13H16Cl2N2O3S/c1-21(19,20)17(8-13(18)16-10-3-4-10)7-9-2-5-11(14)12(15)6-9/h2,5-6,10H,3-4,7-8H2,1H3,(H,16,18). The minimum atomic E-state index is -3.50. The first-order valence-electron chi connectivity index (χ1n) is 6.44. The SMILES string of the molecule is CS(=O)(=O)N(CC(=O)NC1CC1)Cc1ccc(Cl)c(Cl)c1. The van der Waals surface area contributed by atoms with Crippen molar-refractivity contribution in [2.24, 2.45) is 0 Å². The Kier molecular flexibility index (Phi) is 5.14. The molecular formula is C13H16Cl2N2O3S. The van der Waals surface area contributed by atoms with Crippen molar-refractivity contribution in [3.8, 4) is 0 Å². The van der Waals surface area contributed by atoms with Crippen LogP contribution in [0.25, 0.3) is 0 Å². The van der Waals surface area contributed by atoms with Gasteiger partial charge in [0.15, 0.2) is 0 Å². The number of hydrogen-bond donors (Lipinski definition) is 1. The number of halogens is 2. The molecule has 2 rings (SSSR count). The summed E-state index contributed by atoms with van der Waals surface area (Å²) in [6, 6.07) is 5.08. The van der Waals surface area contributed by atoms with Crippen molar-refractivity contribution >= 4 is 39.1 Å². The third kappa shape index (κ3) is 5.14. The second-order valence-electron chi connectivity index (χ2n) is 5.12. The maximum atomic E-state index is 11.8. The van der Waals surface area contributed by atoms with Gasteiger partial charge in [-0.2, -0.15) is 4.31 Å². The molecule has 0 spiro atoms. The van der Waals surface area contributed by atoms with Crippen molar-refractivity contribution in [1.29, 1.82) is 0 Å². The van der Waals surface area contributed by atoms with Crippen LogP contribution >= 0.6 is 23.2 Å². The molecule has 0 aromatic heterocycles. The molecule has 0 atom stereocenters. The lowest BCUT2D eigenvalue weighted by Gasteiger charge is -2.19. The number of amides is 1. The smallest absolute Gasteiger partial charge is 0.235 e. The third-order valence-corrected chi connectivity index (χ3v) is 5.01. The first kappa shape index (κ1) is 16.5. The lowest BCUT2D eigenvalue weighted by Crippen LogP contribution is -2.40. The summed E-state index contributed by atoms with van der Waals surface area (Å²) in [6.07, 6.45) is 2.99. The number of benzene rings is 1. The van der Waals surface area contributed by atoms with Gasteiger partial charge in [-0.3, -0.25) is 4.79 Å². The van der Waals surface area contributed by atoms with E-state index in [0.717, 1.165) is 23.4 Å². The fourth-order valence-corrected chi connectivity index (χ4v) is 2.85. The van der Waals surface area contributed by atoms with Gasteiger partial charge in [-0.25, -0.2) is 8.42 Å². The normalized spacial score (nSPS) is 15.2. The van der Waals surface area contributed by atoms with Crippen molar-refractivity contribution in [2.75, 3.05) is 12.8 Å². The number of carbonyl (C=O) groups is 1. The molecule has 1 fully saturated rings. The van der Waals surface area contributed by atoms with E-state index in [9.17, 15) is 13.2 Å². The molecule has 0 aliphatic heterocycles. The average molecular weight is 351 g/mol. The Morgan fingerprint density at radius 2 is 2.00 bits per heavy atom. The molecule has 5 nitrogen and oxygen atoms in total. The molecule has 8 heteroatoms. The molecule has 1 aromatic rings. The van der Waals surface area contributed by atoms with Crippen molar-refractivity contribution < 1.29 is 13.2 Å². The Morgan fingerprint density at radius 3 is 2.52 bits per heavy atom. The summed E-state index contributed by atoms with van der Waals surface area (Å²) in [5, 5.41) is 3.52. The van der Waals surface area contributed by atoms with Gasteiger partial charge in [0.1, 0.15) is 0 Å². The number of sulfonamides is 1. The van der Waals surface area contributed by atoms with Crippen LogP contribution in [0, 0.1) is 0 Å². The summed E-state index contributed by atoms with van der Waals surface area (Å²) in [5.74, 6) is -0.289. The summed E-state index contributed by atoms with van der Waals surface area (Å²) in [5.41, 5.74) is 0.675. The van der Waals surface area contributed by atoms with E-state index in [4.69, 9.17) is 23.2 Å². The van der Waals surface area contributed by atoms with E-state index in [-0.39, 0.29) is 25.0 Å². The molecule has 0 heterocycles. The fourth-order valence-electron chi connectivity index (χ4n) is 1.79. The van der Waals surface area contributed by atoms with Crippen LogP contribution in [0.2, 0.25) is 10.0 Å². The van der Waals surface area contributed by atoms with Gasteiger partial charge in [0.2, 0.25) is 15.9 Å². The van der Waals surface area contributed by atoms with Gasteiger partial charge in [0.05, 0.1) is 22.8 Å². The fraction of sp³-hybridized carbons (Fsp3) is 0.462. The van der Waals surface area contributed by atoms with E-state index in [1.807, 2.05) is 0 Å².